The fourth-order valence-electron chi connectivity index (χ4n) is 4.98. The van der Waals surface area contributed by atoms with Crippen LogP contribution in [0, 0.1) is 33.5 Å². The summed E-state index contributed by atoms with van der Waals surface area (Å²) < 4.78 is 27.6. The maximum atomic E-state index is 14.6. The average Bonchev–Trinajstić information content (AvgIpc) is 3.14. The molecule has 5 heteroatoms. The summed E-state index contributed by atoms with van der Waals surface area (Å²) in [7, 11) is 0.412. The molecule has 0 aromatic heterocycles. The Bertz CT molecular complexity index is 1360. The van der Waals surface area contributed by atoms with Crippen molar-refractivity contribution in [3.05, 3.63) is 118 Å². The Morgan fingerprint density at radius 3 is 1.81 bits per heavy atom. The minimum Gasteiger partial charge on any atom is -0.410 e. The molecule has 1 aliphatic carbocycles. The molecule has 0 spiro atoms. The highest BCUT2D eigenvalue weighted by Gasteiger charge is 2.44. The highest BCUT2D eigenvalue weighted by Crippen LogP contribution is 2.49. The Hall–Kier alpha value is -2.84. The lowest BCUT2D eigenvalue weighted by Gasteiger charge is -2.32. The summed E-state index contributed by atoms with van der Waals surface area (Å²) in [6, 6.07) is 26.1. The van der Waals surface area contributed by atoms with Crippen LogP contribution in [-0.4, -0.2) is 32.7 Å². The molecule has 0 saturated carbocycles. The van der Waals surface area contributed by atoms with Crippen LogP contribution in [0.1, 0.15) is 33.4 Å². The van der Waals surface area contributed by atoms with E-state index in [0.29, 0.717) is 13.2 Å². The van der Waals surface area contributed by atoms with E-state index in [9.17, 15) is 4.39 Å². The van der Waals surface area contributed by atoms with Crippen molar-refractivity contribution >= 4 is 29.9 Å². The molecule has 0 atom stereocenters. The molecule has 0 amide bonds. The third-order valence-corrected chi connectivity index (χ3v) is 9.54. The third kappa shape index (κ3) is 4.52. The molecule has 0 heterocycles. The van der Waals surface area contributed by atoms with Crippen molar-refractivity contribution in [3.63, 3.8) is 0 Å². The first kappa shape index (κ1) is 24.8. The van der Waals surface area contributed by atoms with Gasteiger partial charge in [0.2, 0.25) is 0 Å². The molecular weight excluding hydrogens is 480 g/mol. The normalized spacial score (nSPS) is 13.5. The van der Waals surface area contributed by atoms with Gasteiger partial charge in [0.15, 0.2) is 0 Å². The highest BCUT2D eigenvalue weighted by atomic mass is 28.2. The van der Waals surface area contributed by atoms with Crippen LogP contribution in [0.25, 0.3) is 11.1 Å². The predicted octanol–water partition coefficient (Wildman–Crippen LogP) is 5.25. The van der Waals surface area contributed by atoms with Crippen molar-refractivity contribution in [2.24, 2.45) is 0 Å². The lowest BCUT2D eigenvalue weighted by Crippen LogP contribution is -2.40. The number of benzene rings is 4. The average molecular weight is 509 g/mol. The second-order valence-electron chi connectivity index (χ2n) is 9.59. The van der Waals surface area contributed by atoms with Gasteiger partial charge in [-0.1, -0.05) is 66.7 Å². The Labute approximate surface area is 218 Å². The standard InChI is InChI=1S/C31H29FO2Si2/c1-20-9-7-13-29(22(20)3)35-33-18-31(19-34-36-30-14-8-10-21(2)23(30)4)27-12-6-5-11-25(27)26-16-15-24(32)17-28(26)31/h5-17H,18-19H2,1-4H3. The van der Waals surface area contributed by atoms with E-state index in [0.717, 1.165) is 22.3 Å². The summed E-state index contributed by atoms with van der Waals surface area (Å²) >= 11 is 0. The summed E-state index contributed by atoms with van der Waals surface area (Å²) in [4.78, 5) is 0. The maximum absolute atomic E-state index is 14.6. The number of halogens is 1. The number of aryl methyl sites for hydroxylation is 2. The van der Waals surface area contributed by atoms with E-state index < -0.39 is 5.41 Å². The van der Waals surface area contributed by atoms with Gasteiger partial charge in [0, 0.05) is 0 Å². The van der Waals surface area contributed by atoms with Crippen molar-refractivity contribution in [3.8, 4) is 11.1 Å². The molecule has 0 aliphatic heterocycles. The van der Waals surface area contributed by atoms with Gasteiger partial charge in [-0.25, -0.2) is 4.39 Å². The SMILES string of the molecule is Cc1cccc([Si]OCC2(CO[Si]c3cccc(C)c3C)c3ccccc3-c3ccc(F)cc32)c1C. The zero-order chi connectivity index (χ0) is 25.3. The molecule has 2 nitrogen and oxygen atoms in total. The Kier molecular flexibility index (Phi) is 7.08. The summed E-state index contributed by atoms with van der Waals surface area (Å²) in [6.45, 7) is 9.37. The lowest BCUT2D eigenvalue weighted by atomic mass is 9.80. The smallest absolute Gasteiger partial charge is 0.269 e. The van der Waals surface area contributed by atoms with Crippen LogP contribution in [0.15, 0.2) is 78.9 Å². The van der Waals surface area contributed by atoms with E-state index in [4.69, 9.17) is 8.85 Å². The van der Waals surface area contributed by atoms with E-state index >= 15 is 0 Å². The quantitative estimate of drug-likeness (QED) is 0.303. The van der Waals surface area contributed by atoms with E-state index in [1.165, 1.54) is 32.6 Å². The first-order valence-electron chi connectivity index (χ1n) is 12.2. The van der Waals surface area contributed by atoms with Gasteiger partial charge in [-0.3, -0.25) is 0 Å². The summed E-state index contributed by atoms with van der Waals surface area (Å²) in [5, 5.41) is 2.41. The number of fused-ring (bicyclic) bond motifs is 3. The summed E-state index contributed by atoms with van der Waals surface area (Å²) in [5.41, 5.74) is 8.73. The molecule has 4 aromatic rings. The van der Waals surface area contributed by atoms with Crippen LogP contribution in [0.3, 0.4) is 0 Å². The molecule has 180 valence electrons. The van der Waals surface area contributed by atoms with Crippen molar-refractivity contribution in [1.29, 1.82) is 0 Å². The Balaban J connectivity index is 1.49. The lowest BCUT2D eigenvalue weighted by molar-refractivity contribution is 0.184. The fourth-order valence-corrected chi connectivity index (χ4v) is 6.95. The van der Waals surface area contributed by atoms with Gasteiger partial charge in [-0.2, -0.15) is 0 Å². The fraction of sp³-hybridized carbons (Fsp3) is 0.226. The van der Waals surface area contributed by atoms with Crippen LogP contribution < -0.4 is 10.4 Å². The second-order valence-corrected chi connectivity index (χ2v) is 11.7. The van der Waals surface area contributed by atoms with E-state index in [1.807, 2.05) is 12.1 Å². The van der Waals surface area contributed by atoms with Crippen LogP contribution in [0.4, 0.5) is 4.39 Å². The molecule has 0 bridgehead atoms. The zero-order valence-corrected chi connectivity index (χ0v) is 23.1. The van der Waals surface area contributed by atoms with E-state index in [-0.39, 0.29) is 25.3 Å². The third-order valence-electron chi connectivity index (χ3n) is 7.44. The molecule has 5 rings (SSSR count). The number of hydrogen-bond acceptors (Lipinski definition) is 2. The minimum absolute atomic E-state index is 0.206. The molecule has 0 unspecified atom stereocenters. The van der Waals surface area contributed by atoms with Gasteiger partial charge >= 0.3 is 0 Å². The van der Waals surface area contributed by atoms with Gasteiger partial charge in [-0.05, 0) is 94.7 Å². The van der Waals surface area contributed by atoms with Gasteiger partial charge in [-0.15, -0.1) is 0 Å². The first-order valence-corrected chi connectivity index (χ1v) is 14.0. The van der Waals surface area contributed by atoms with Gasteiger partial charge in [0.05, 0.1) is 18.6 Å². The largest absolute Gasteiger partial charge is 0.410 e. The second kappa shape index (κ2) is 10.3. The van der Waals surface area contributed by atoms with Gasteiger partial charge < -0.3 is 8.85 Å². The van der Waals surface area contributed by atoms with Crippen LogP contribution in [0.2, 0.25) is 0 Å². The minimum atomic E-state index is -0.580. The first-order chi connectivity index (χ1) is 17.4. The zero-order valence-electron chi connectivity index (χ0n) is 21.1. The van der Waals surface area contributed by atoms with E-state index in [1.54, 1.807) is 12.1 Å². The van der Waals surface area contributed by atoms with Crippen LogP contribution in [-0.2, 0) is 14.3 Å². The molecule has 36 heavy (non-hydrogen) atoms. The molecule has 0 fully saturated rings. The molecule has 4 aromatic carbocycles. The van der Waals surface area contributed by atoms with Crippen molar-refractivity contribution in [2.75, 3.05) is 13.2 Å². The van der Waals surface area contributed by atoms with E-state index in [2.05, 4.69) is 82.3 Å². The highest BCUT2D eigenvalue weighted by molar-refractivity contribution is 6.48. The Morgan fingerprint density at radius 1 is 0.639 bits per heavy atom. The molecule has 0 N–H and O–H groups in total. The topological polar surface area (TPSA) is 18.5 Å². The van der Waals surface area contributed by atoms with Crippen molar-refractivity contribution < 1.29 is 13.2 Å². The number of rotatable bonds is 8. The summed E-state index contributed by atoms with van der Waals surface area (Å²) in [5.74, 6) is -0.236. The van der Waals surface area contributed by atoms with Gasteiger partial charge in [0.1, 0.15) is 5.82 Å². The van der Waals surface area contributed by atoms with Gasteiger partial charge in [0.25, 0.3) is 19.5 Å². The summed E-state index contributed by atoms with van der Waals surface area (Å²) in [6.07, 6.45) is 0. The Morgan fingerprint density at radius 2 is 1.19 bits per heavy atom. The van der Waals surface area contributed by atoms with Crippen molar-refractivity contribution in [1.82, 2.24) is 0 Å². The predicted molar refractivity (Wildman–Crippen MR) is 147 cm³/mol. The molecule has 0 saturated heterocycles. The molecule has 1 aliphatic rings. The molecular formula is C31H29FO2Si2. The monoisotopic (exact) mass is 508 g/mol. The van der Waals surface area contributed by atoms with Crippen LogP contribution >= 0.6 is 0 Å². The number of hydrogen-bond donors (Lipinski definition) is 0. The maximum Gasteiger partial charge on any atom is 0.269 e. The van der Waals surface area contributed by atoms with Crippen LogP contribution in [0.5, 0.6) is 0 Å². The van der Waals surface area contributed by atoms with Crippen molar-refractivity contribution in [2.45, 2.75) is 33.1 Å². The molecule has 4 radical (unpaired) electrons.